The summed E-state index contributed by atoms with van der Waals surface area (Å²) in [4.78, 5) is 30.2. The van der Waals surface area contributed by atoms with Gasteiger partial charge in [0, 0.05) is 38.3 Å². The van der Waals surface area contributed by atoms with Crippen molar-refractivity contribution >= 4 is 11.8 Å². The molecular weight excluding hydrogens is 410 g/mol. The largest absolute Gasteiger partial charge is 0.351 e. The zero-order valence-electron chi connectivity index (χ0n) is 20.5. The number of hydrogen-bond acceptors (Lipinski definition) is 3. The molecule has 2 aromatic rings. The van der Waals surface area contributed by atoms with Gasteiger partial charge in [0.1, 0.15) is 0 Å². The Morgan fingerprint density at radius 1 is 0.939 bits per heavy atom. The molecule has 0 saturated carbocycles. The molecule has 2 amide bonds. The lowest BCUT2D eigenvalue weighted by molar-refractivity contribution is -0.138. The second-order valence-electron chi connectivity index (χ2n) is 9.99. The molecule has 4 rings (SSSR count). The zero-order chi connectivity index (χ0) is 23.5. The molecule has 0 aromatic heterocycles. The van der Waals surface area contributed by atoms with Crippen LogP contribution >= 0.6 is 0 Å². The molecule has 2 aromatic carbocycles. The van der Waals surface area contributed by atoms with Crippen LogP contribution in [0.5, 0.6) is 0 Å². The molecule has 1 fully saturated rings. The fraction of sp³-hybridized carbons (Fsp3) is 0.500. The second-order valence-corrected chi connectivity index (χ2v) is 9.99. The first-order chi connectivity index (χ1) is 15.8. The number of rotatable bonds is 5. The Kier molecular flexibility index (Phi) is 7.18. The predicted octanol–water partition coefficient (Wildman–Crippen LogP) is 3.95. The Bertz CT molecular complexity index is 1030. The molecule has 176 valence electrons. The van der Waals surface area contributed by atoms with Crippen LogP contribution < -0.4 is 5.32 Å². The van der Waals surface area contributed by atoms with E-state index in [1.165, 1.54) is 22.3 Å². The summed E-state index contributed by atoms with van der Waals surface area (Å²) in [6.45, 7) is 13.0. The van der Waals surface area contributed by atoms with E-state index in [0.717, 1.165) is 68.7 Å². The van der Waals surface area contributed by atoms with Gasteiger partial charge in [-0.05, 0) is 87.9 Å². The monoisotopic (exact) mass is 447 g/mol. The molecule has 0 radical (unpaired) electrons. The molecule has 5 nitrogen and oxygen atoms in total. The summed E-state index contributed by atoms with van der Waals surface area (Å²) in [5.74, 6) is 0.328. The molecule has 0 aliphatic carbocycles. The standard InChI is InChI=1S/C28H37N3O2/c1-19-12-20(2)14-25(13-19)27(32)29-8-11-30-9-5-6-24(17-30)28(33)31-10-7-23-15-21(3)22(4)16-26(23)18-31/h12-16,24H,5-11,17-18H2,1-4H3,(H,29,32). The van der Waals surface area contributed by atoms with Crippen molar-refractivity contribution in [2.45, 2.75) is 53.5 Å². The van der Waals surface area contributed by atoms with Crippen LogP contribution in [0.4, 0.5) is 0 Å². The lowest BCUT2D eigenvalue weighted by Gasteiger charge is -2.37. The van der Waals surface area contributed by atoms with Crippen LogP contribution in [0.2, 0.25) is 0 Å². The topological polar surface area (TPSA) is 52.7 Å². The van der Waals surface area contributed by atoms with Gasteiger partial charge in [-0.1, -0.05) is 29.3 Å². The Hall–Kier alpha value is -2.66. The fourth-order valence-electron chi connectivity index (χ4n) is 5.30. The lowest BCUT2D eigenvalue weighted by Crippen LogP contribution is -2.47. The number of likely N-dealkylation sites (tertiary alicyclic amines) is 1. The quantitative estimate of drug-likeness (QED) is 0.755. The van der Waals surface area contributed by atoms with Gasteiger partial charge in [-0.15, -0.1) is 0 Å². The second kappa shape index (κ2) is 10.1. The van der Waals surface area contributed by atoms with Crippen LogP contribution in [0, 0.1) is 33.6 Å². The average molecular weight is 448 g/mol. The highest BCUT2D eigenvalue weighted by Crippen LogP contribution is 2.26. The van der Waals surface area contributed by atoms with Crippen LogP contribution in [0.3, 0.4) is 0 Å². The van der Waals surface area contributed by atoms with E-state index in [1.807, 2.05) is 26.0 Å². The summed E-state index contributed by atoms with van der Waals surface area (Å²) in [7, 11) is 0. The first-order valence-corrected chi connectivity index (χ1v) is 12.3. The maximum absolute atomic E-state index is 13.3. The van der Waals surface area contributed by atoms with E-state index in [0.29, 0.717) is 12.5 Å². The summed E-state index contributed by atoms with van der Waals surface area (Å²) in [5.41, 5.74) is 8.25. The van der Waals surface area contributed by atoms with Crippen molar-refractivity contribution in [2.24, 2.45) is 5.92 Å². The number of amides is 2. The van der Waals surface area contributed by atoms with E-state index >= 15 is 0 Å². The van der Waals surface area contributed by atoms with Crippen LogP contribution in [0.1, 0.15) is 56.6 Å². The molecule has 0 bridgehead atoms. The van der Waals surface area contributed by atoms with Gasteiger partial charge in [0.15, 0.2) is 0 Å². The van der Waals surface area contributed by atoms with Crippen molar-refractivity contribution in [1.82, 2.24) is 15.1 Å². The third kappa shape index (κ3) is 5.64. The van der Waals surface area contributed by atoms with Gasteiger partial charge in [-0.25, -0.2) is 0 Å². The first kappa shape index (κ1) is 23.5. The molecule has 2 heterocycles. The Balaban J connectivity index is 1.29. The van der Waals surface area contributed by atoms with Gasteiger partial charge in [-0.3, -0.25) is 9.59 Å². The van der Waals surface area contributed by atoms with E-state index in [9.17, 15) is 9.59 Å². The minimum atomic E-state index is -0.0241. The van der Waals surface area contributed by atoms with Crippen molar-refractivity contribution in [3.8, 4) is 0 Å². The highest BCUT2D eigenvalue weighted by Gasteiger charge is 2.31. The van der Waals surface area contributed by atoms with Crippen molar-refractivity contribution in [3.05, 3.63) is 69.3 Å². The number of carbonyl (C=O) groups is 2. The summed E-state index contributed by atoms with van der Waals surface area (Å²) in [6, 6.07) is 10.5. The van der Waals surface area contributed by atoms with Gasteiger partial charge in [0.25, 0.3) is 5.91 Å². The molecule has 5 heteroatoms. The fourth-order valence-corrected chi connectivity index (χ4v) is 5.30. The number of nitrogens with zero attached hydrogens (tertiary/aromatic N) is 2. The molecule has 1 unspecified atom stereocenters. The molecule has 1 N–H and O–H groups in total. The summed E-state index contributed by atoms with van der Waals surface area (Å²) >= 11 is 0. The van der Waals surface area contributed by atoms with Gasteiger partial charge < -0.3 is 15.1 Å². The van der Waals surface area contributed by atoms with Gasteiger partial charge >= 0.3 is 0 Å². The predicted molar refractivity (Wildman–Crippen MR) is 132 cm³/mol. The lowest BCUT2D eigenvalue weighted by atomic mass is 9.92. The van der Waals surface area contributed by atoms with Crippen LogP contribution in [0.25, 0.3) is 0 Å². The number of nitrogens with one attached hydrogen (secondary N) is 1. The third-order valence-electron chi connectivity index (χ3n) is 7.19. The Labute approximate surface area is 198 Å². The van der Waals surface area contributed by atoms with Gasteiger partial charge in [0.2, 0.25) is 5.91 Å². The van der Waals surface area contributed by atoms with Crippen LogP contribution in [0.15, 0.2) is 30.3 Å². The van der Waals surface area contributed by atoms with E-state index in [1.54, 1.807) is 0 Å². The maximum atomic E-state index is 13.3. The average Bonchev–Trinajstić information content (AvgIpc) is 2.78. The number of fused-ring (bicyclic) bond motifs is 1. The van der Waals surface area contributed by atoms with Crippen molar-refractivity contribution in [3.63, 3.8) is 0 Å². The van der Waals surface area contributed by atoms with E-state index in [-0.39, 0.29) is 11.8 Å². The first-order valence-electron chi connectivity index (χ1n) is 12.3. The van der Waals surface area contributed by atoms with E-state index in [2.05, 4.69) is 47.2 Å². The van der Waals surface area contributed by atoms with Gasteiger partial charge in [-0.2, -0.15) is 0 Å². The molecular formula is C28H37N3O2. The highest BCUT2D eigenvalue weighted by molar-refractivity contribution is 5.94. The number of aryl methyl sites for hydroxylation is 4. The summed E-state index contributed by atoms with van der Waals surface area (Å²) in [6.07, 6.45) is 2.94. The highest BCUT2D eigenvalue weighted by atomic mass is 16.2. The third-order valence-corrected chi connectivity index (χ3v) is 7.19. The zero-order valence-corrected chi connectivity index (χ0v) is 20.5. The maximum Gasteiger partial charge on any atom is 0.251 e. The van der Waals surface area contributed by atoms with Crippen molar-refractivity contribution in [2.75, 3.05) is 32.7 Å². The molecule has 2 aliphatic rings. The number of hydrogen-bond donors (Lipinski definition) is 1. The van der Waals surface area contributed by atoms with E-state index < -0.39 is 0 Å². The number of piperidine rings is 1. The number of carbonyl (C=O) groups excluding carboxylic acids is 2. The summed E-state index contributed by atoms with van der Waals surface area (Å²) in [5, 5.41) is 3.05. The number of benzene rings is 2. The van der Waals surface area contributed by atoms with Crippen molar-refractivity contribution < 1.29 is 9.59 Å². The Morgan fingerprint density at radius 2 is 1.64 bits per heavy atom. The molecule has 2 aliphatic heterocycles. The van der Waals surface area contributed by atoms with Gasteiger partial charge in [0.05, 0.1) is 5.92 Å². The molecule has 0 spiro atoms. The Morgan fingerprint density at radius 3 is 2.36 bits per heavy atom. The van der Waals surface area contributed by atoms with E-state index in [4.69, 9.17) is 0 Å². The molecule has 1 saturated heterocycles. The normalized spacial score (nSPS) is 18.7. The molecule has 33 heavy (non-hydrogen) atoms. The smallest absolute Gasteiger partial charge is 0.251 e. The SMILES string of the molecule is Cc1cc(C)cc(C(=O)NCCN2CCCC(C(=O)N3CCc4cc(C)c(C)cc4C3)C2)c1. The van der Waals surface area contributed by atoms with Crippen molar-refractivity contribution in [1.29, 1.82) is 0 Å². The van der Waals surface area contributed by atoms with Crippen LogP contribution in [-0.4, -0.2) is 54.3 Å². The summed E-state index contributed by atoms with van der Waals surface area (Å²) < 4.78 is 0. The van der Waals surface area contributed by atoms with Crippen LogP contribution in [-0.2, 0) is 17.8 Å². The molecule has 1 atom stereocenters. The minimum Gasteiger partial charge on any atom is -0.351 e. The minimum absolute atomic E-state index is 0.0241.